The molecule has 0 amide bonds. The lowest BCUT2D eigenvalue weighted by atomic mass is 10.1. The van der Waals surface area contributed by atoms with E-state index in [0.717, 1.165) is 38.9 Å². The number of hydrogen-bond acceptors (Lipinski definition) is 2. The van der Waals surface area contributed by atoms with Crippen LogP contribution < -0.4 is 0 Å². The van der Waals surface area contributed by atoms with E-state index in [1.807, 2.05) is 23.5 Å². The van der Waals surface area contributed by atoms with Crippen molar-refractivity contribution in [1.29, 1.82) is 5.26 Å². The van der Waals surface area contributed by atoms with Crippen molar-refractivity contribution in [3.63, 3.8) is 0 Å². The number of aromatic nitrogens is 3. The van der Waals surface area contributed by atoms with Crippen LogP contribution in [0.3, 0.4) is 0 Å². The number of nitrogens with zero attached hydrogens (tertiary/aromatic N) is 4. The zero-order valence-corrected chi connectivity index (χ0v) is 29.7. The molecule has 0 unspecified atom stereocenters. The maximum atomic E-state index is 9.65. The summed E-state index contributed by atoms with van der Waals surface area (Å²) in [7, 11) is 0. The molecule has 12 rings (SSSR count). The molecule has 0 atom stereocenters. The molecule has 12 aromatic rings. The number of fused-ring (bicyclic) bond motifs is 13. The summed E-state index contributed by atoms with van der Waals surface area (Å²) < 4.78 is 9.73. The van der Waals surface area contributed by atoms with Gasteiger partial charge in [-0.25, -0.2) is 0 Å². The van der Waals surface area contributed by atoms with Crippen LogP contribution in [0.25, 0.3) is 103 Å². The maximum absolute atomic E-state index is 9.65. The molecule has 0 saturated carbocycles. The van der Waals surface area contributed by atoms with Crippen LogP contribution in [0.1, 0.15) is 5.56 Å². The first-order chi connectivity index (χ1) is 26.7. The van der Waals surface area contributed by atoms with Gasteiger partial charge in [-0.15, -0.1) is 11.3 Å². The van der Waals surface area contributed by atoms with Crippen molar-refractivity contribution in [2.75, 3.05) is 0 Å². The first-order valence-corrected chi connectivity index (χ1v) is 19.0. The van der Waals surface area contributed by atoms with Crippen molar-refractivity contribution >= 4 is 96.9 Å². The molecule has 0 aliphatic heterocycles. The van der Waals surface area contributed by atoms with Gasteiger partial charge < -0.3 is 13.7 Å². The average molecular weight is 705 g/mol. The van der Waals surface area contributed by atoms with Gasteiger partial charge in [-0.3, -0.25) is 0 Å². The summed E-state index contributed by atoms with van der Waals surface area (Å²) in [6.07, 6.45) is 0. The fourth-order valence-electron chi connectivity index (χ4n) is 8.98. The highest BCUT2D eigenvalue weighted by Gasteiger charge is 2.21. The van der Waals surface area contributed by atoms with Crippen LogP contribution in [-0.2, 0) is 0 Å². The van der Waals surface area contributed by atoms with Crippen LogP contribution >= 0.6 is 11.3 Å². The molecule has 0 fully saturated rings. The van der Waals surface area contributed by atoms with Crippen molar-refractivity contribution in [2.24, 2.45) is 0 Å². The van der Waals surface area contributed by atoms with Gasteiger partial charge in [0.2, 0.25) is 0 Å². The number of hydrogen-bond donors (Lipinski definition) is 0. The van der Waals surface area contributed by atoms with Crippen molar-refractivity contribution in [3.05, 3.63) is 175 Å². The SMILES string of the molecule is N#Cc1ccc2c(c1)c1ccccc1n2-c1ccc2sc3cc(-n4c5ccccc5c5ccc6c(c7ccccc7n6-c6ccccc6)c54)ccc3c2c1. The Hall–Kier alpha value is -7.13. The van der Waals surface area contributed by atoms with Crippen LogP contribution in [0.15, 0.2) is 170 Å². The summed E-state index contributed by atoms with van der Waals surface area (Å²) >= 11 is 1.85. The molecule has 54 heavy (non-hydrogen) atoms. The molecular weight excluding hydrogens is 677 g/mol. The second kappa shape index (κ2) is 10.9. The van der Waals surface area contributed by atoms with Crippen LogP contribution in [0.4, 0.5) is 0 Å². The third-order valence-electron chi connectivity index (χ3n) is 11.2. The van der Waals surface area contributed by atoms with Gasteiger partial charge in [-0.2, -0.15) is 5.26 Å². The number of para-hydroxylation sites is 4. The van der Waals surface area contributed by atoms with Crippen molar-refractivity contribution < 1.29 is 0 Å². The third-order valence-corrected chi connectivity index (χ3v) is 12.4. The minimum absolute atomic E-state index is 0.673. The van der Waals surface area contributed by atoms with Crippen molar-refractivity contribution in [3.8, 4) is 23.1 Å². The number of nitriles is 1. The van der Waals surface area contributed by atoms with Gasteiger partial charge in [0.1, 0.15) is 0 Å². The Labute approximate surface area is 313 Å². The molecule has 0 aliphatic carbocycles. The Morgan fingerprint density at radius 3 is 1.76 bits per heavy atom. The molecule has 8 aromatic carbocycles. The first-order valence-electron chi connectivity index (χ1n) is 18.2. The molecule has 4 aromatic heterocycles. The monoisotopic (exact) mass is 704 g/mol. The zero-order chi connectivity index (χ0) is 35.5. The lowest BCUT2D eigenvalue weighted by molar-refractivity contribution is 1.18. The Kier molecular flexibility index (Phi) is 5.97. The molecule has 4 nitrogen and oxygen atoms in total. The van der Waals surface area contributed by atoms with Crippen LogP contribution in [0.2, 0.25) is 0 Å². The summed E-state index contributed by atoms with van der Waals surface area (Å²) in [4.78, 5) is 0. The predicted molar refractivity (Wildman–Crippen MR) is 227 cm³/mol. The first kappa shape index (κ1) is 29.4. The standard InChI is InChI=1S/C49H28N4S/c50-29-30-18-23-44-39(26-30)35-13-5-7-15-41(35)52(44)32-20-25-46-40(27-32)36-21-19-33(28-47(36)54-46)53-42-16-8-4-12-34(42)37-22-24-45-48(49(37)53)38-14-6-9-17-43(38)51(45)31-10-2-1-3-11-31/h1-28H. The molecule has 4 heterocycles. The fraction of sp³-hybridized carbons (Fsp3) is 0. The zero-order valence-electron chi connectivity index (χ0n) is 28.9. The van der Waals surface area contributed by atoms with E-state index < -0.39 is 0 Å². The Morgan fingerprint density at radius 1 is 0.370 bits per heavy atom. The minimum atomic E-state index is 0.673. The van der Waals surface area contributed by atoms with Crippen molar-refractivity contribution in [1.82, 2.24) is 13.7 Å². The highest BCUT2D eigenvalue weighted by Crippen LogP contribution is 2.44. The van der Waals surface area contributed by atoms with E-state index in [0.29, 0.717) is 5.56 Å². The van der Waals surface area contributed by atoms with Gasteiger partial charge in [0.25, 0.3) is 0 Å². The normalized spacial score (nSPS) is 12.1. The van der Waals surface area contributed by atoms with Gasteiger partial charge in [-0.05, 0) is 84.9 Å². The van der Waals surface area contributed by atoms with E-state index in [1.54, 1.807) is 0 Å². The topological polar surface area (TPSA) is 38.6 Å². The van der Waals surface area contributed by atoms with Crippen LogP contribution in [0.5, 0.6) is 0 Å². The Morgan fingerprint density at radius 2 is 0.963 bits per heavy atom. The highest BCUT2D eigenvalue weighted by atomic mass is 32.1. The van der Waals surface area contributed by atoms with Gasteiger partial charge in [0, 0.05) is 69.6 Å². The van der Waals surface area contributed by atoms with Crippen molar-refractivity contribution in [2.45, 2.75) is 0 Å². The van der Waals surface area contributed by atoms with E-state index in [9.17, 15) is 5.26 Å². The number of thiophene rings is 1. The molecule has 250 valence electrons. The smallest absolute Gasteiger partial charge is 0.0991 e. The van der Waals surface area contributed by atoms with Crippen LogP contribution in [-0.4, -0.2) is 13.7 Å². The minimum Gasteiger partial charge on any atom is -0.309 e. The maximum Gasteiger partial charge on any atom is 0.0991 e. The Balaban J connectivity index is 1.11. The molecule has 0 aliphatic rings. The fourth-order valence-corrected chi connectivity index (χ4v) is 10.1. The largest absolute Gasteiger partial charge is 0.309 e. The summed E-state index contributed by atoms with van der Waals surface area (Å²) in [6, 6.07) is 63.5. The van der Waals surface area contributed by atoms with Gasteiger partial charge in [-0.1, -0.05) is 84.9 Å². The second-order valence-corrected chi connectivity index (χ2v) is 15.1. The highest BCUT2D eigenvalue weighted by molar-refractivity contribution is 7.25. The summed E-state index contributed by atoms with van der Waals surface area (Å²) in [5.41, 5.74) is 11.2. The van der Waals surface area contributed by atoms with Gasteiger partial charge >= 0.3 is 0 Å². The number of benzene rings is 8. The van der Waals surface area contributed by atoms with E-state index >= 15 is 0 Å². The molecular formula is C49H28N4S. The Bertz CT molecular complexity index is 3570. The predicted octanol–water partition coefficient (Wildman–Crippen LogP) is 13.2. The lowest BCUT2D eigenvalue weighted by Crippen LogP contribution is -1.95. The van der Waals surface area contributed by atoms with E-state index in [4.69, 9.17) is 0 Å². The molecule has 0 radical (unpaired) electrons. The average Bonchev–Trinajstić information content (AvgIpc) is 3.96. The van der Waals surface area contributed by atoms with Gasteiger partial charge in [0.05, 0.1) is 44.7 Å². The molecule has 0 saturated heterocycles. The van der Waals surface area contributed by atoms with E-state index in [1.165, 1.54) is 63.8 Å². The molecule has 0 N–H and O–H groups in total. The van der Waals surface area contributed by atoms with E-state index in [2.05, 4.69) is 177 Å². The number of rotatable bonds is 3. The second-order valence-electron chi connectivity index (χ2n) is 14.1. The van der Waals surface area contributed by atoms with E-state index in [-0.39, 0.29) is 0 Å². The quantitative estimate of drug-likeness (QED) is 0.180. The summed E-state index contributed by atoms with van der Waals surface area (Å²) in [5, 5.41) is 19.4. The molecule has 5 heteroatoms. The molecule has 0 spiro atoms. The third kappa shape index (κ3) is 3.95. The summed E-state index contributed by atoms with van der Waals surface area (Å²) in [6.45, 7) is 0. The lowest BCUT2D eigenvalue weighted by Gasteiger charge is -2.10. The van der Waals surface area contributed by atoms with Gasteiger partial charge in [0.15, 0.2) is 0 Å². The summed E-state index contributed by atoms with van der Waals surface area (Å²) in [5.74, 6) is 0. The molecule has 0 bridgehead atoms. The van der Waals surface area contributed by atoms with Crippen LogP contribution in [0, 0.1) is 11.3 Å².